The number of nitrogens with one attached hydrogen (secondary N) is 1. The van der Waals surface area contributed by atoms with Crippen molar-refractivity contribution in [3.63, 3.8) is 0 Å². The van der Waals surface area contributed by atoms with E-state index in [9.17, 15) is 14.3 Å². The van der Waals surface area contributed by atoms with Crippen LogP contribution < -0.4 is 5.32 Å². The van der Waals surface area contributed by atoms with Crippen LogP contribution in [0, 0.1) is 0 Å². The van der Waals surface area contributed by atoms with Crippen LogP contribution in [-0.4, -0.2) is 57.9 Å². The Balaban J connectivity index is 1.32. The minimum atomic E-state index is -4.11. The van der Waals surface area contributed by atoms with E-state index in [-0.39, 0.29) is 19.8 Å². The van der Waals surface area contributed by atoms with Gasteiger partial charge in [-0.15, -0.1) is 5.10 Å². The standard InChI is InChI=1S/C34H53N4O6P/c1-3-5-6-7-8-9-10-11-12-15-22-38-26-32(36-37-38)27-43-33(34(39)42-4-2)28-45(40,41)44-23-16-21-35-25-29-19-20-30-17-13-14-18-31(30)24-29/h13-14,17-20,24,26,33,35H,3-12,15-16,21-23,25,27-28H2,1-2H3,(H,40,41)/t33-/m1/s1. The number of nitrogens with zero attached hydrogens (tertiary/aromatic N) is 3. The Labute approximate surface area is 268 Å². The van der Waals surface area contributed by atoms with Gasteiger partial charge in [-0.25, -0.2) is 4.79 Å². The molecule has 0 radical (unpaired) electrons. The number of carbonyl (C=O) groups excluding carboxylic acids is 1. The van der Waals surface area contributed by atoms with Gasteiger partial charge in [0.1, 0.15) is 5.69 Å². The molecule has 0 aliphatic carbocycles. The molecule has 2 aromatic carbocycles. The maximum Gasteiger partial charge on any atom is 0.335 e. The van der Waals surface area contributed by atoms with Gasteiger partial charge in [0.15, 0.2) is 6.10 Å². The molecule has 11 heteroatoms. The van der Waals surface area contributed by atoms with Crippen molar-refractivity contribution in [2.24, 2.45) is 0 Å². The molecule has 0 aliphatic rings. The molecular weight excluding hydrogens is 591 g/mol. The average molecular weight is 645 g/mol. The molecule has 2 N–H and O–H groups in total. The lowest BCUT2D eigenvalue weighted by Crippen LogP contribution is -2.30. The second kappa shape index (κ2) is 21.2. The van der Waals surface area contributed by atoms with Gasteiger partial charge in [0.05, 0.1) is 32.2 Å². The average Bonchev–Trinajstić information content (AvgIpc) is 3.49. The molecule has 45 heavy (non-hydrogen) atoms. The number of fused-ring (bicyclic) bond motifs is 1. The molecule has 0 aliphatic heterocycles. The van der Waals surface area contributed by atoms with Crippen molar-refractivity contribution in [2.45, 2.75) is 110 Å². The van der Waals surface area contributed by atoms with E-state index in [1.54, 1.807) is 17.8 Å². The first-order valence-electron chi connectivity index (χ1n) is 16.7. The van der Waals surface area contributed by atoms with Crippen molar-refractivity contribution in [1.29, 1.82) is 0 Å². The van der Waals surface area contributed by atoms with Gasteiger partial charge in [-0.05, 0) is 48.7 Å². The summed E-state index contributed by atoms with van der Waals surface area (Å²) in [6.45, 7) is 6.15. The Morgan fingerprint density at radius 3 is 2.40 bits per heavy atom. The molecule has 1 aromatic heterocycles. The molecular formula is C34H53N4O6P. The predicted molar refractivity (Wildman–Crippen MR) is 178 cm³/mol. The van der Waals surface area contributed by atoms with E-state index in [1.807, 2.05) is 12.1 Å². The molecule has 3 rings (SSSR count). The van der Waals surface area contributed by atoms with E-state index >= 15 is 0 Å². The Morgan fingerprint density at radius 1 is 0.956 bits per heavy atom. The van der Waals surface area contributed by atoms with Gasteiger partial charge >= 0.3 is 13.6 Å². The zero-order chi connectivity index (χ0) is 32.2. The highest BCUT2D eigenvalue weighted by Crippen LogP contribution is 2.43. The highest BCUT2D eigenvalue weighted by molar-refractivity contribution is 7.52. The highest BCUT2D eigenvalue weighted by atomic mass is 31.2. The summed E-state index contributed by atoms with van der Waals surface area (Å²) in [5, 5.41) is 14.0. The van der Waals surface area contributed by atoms with E-state index in [0.717, 1.165) is 24.9 Å². The second-order valence-corrected chi connectivity index (χ2v) is 13.5. The summed E-state index contributed by atoms with van der Waals surface area (Å²) < 4.78 is 30.7. The SMILES string of the molecule is CCCCCCCCCCCCn1cc(CO[C@H](CP(=O)(O)OCCCNCc2ccc3ccccc3c2)C(=O)OCC)nn1. The quantitative estimate of drug-likeness (QED) is 0.0560. The fourth-order valence-corrected chi connectivity index (χ4v) is 6.33. The lowest BCUT2D eigenvalue weighted by molar-refractivity contribution is -0.156. The molecule has 0 bridgehead atoms. The molecule has 0 spiro atoms. The summed E-state index contributed by atoms with van der Waals surface area (Å²) in [4.78, 5) is 23.0. The third-order valence-corrected chi connectivity index (χ3v) is 9.02. The van der Waals surface area contributed by atoms with E-state index in [1.165, 1.54) is 62.1 Å². The van der Waals surface area contributed by atoms with Crippen LogP contribution in [0.1, 0.15) is 95.7 Å². The van der Waals surface area contributed by atoms with Crippen LogP contribution in [0.25, 0.3) is 10.8 Å². The lowest BCUT2D eigenvalue weighted by atomic mass is 10.1. The van der Waals surface area contributed by atoms with Crippen LogP contribution in [0.2, 0.25) is 0 Å². The second-order valence-electron chi connectivity index (χ2n) is 11.6. The predicted octanol–water partition coefficient (Wildman–Crippen LogP) is 7.18. The Kier molecular flexibility index (Phi) is 17.4. The maximum absolute atomic E-state index is 12.8. The monoisotopic (exact) mass is 644 g/mol. The zero-order valence-electron chi connectivity index (χ0n) is 27.2. The molecule has 0 amide bonds. The van der Waals surface area contributed by atoms with Crippen molar-refractivity contribution in [3.05, 3.63) is 59.9 Å². The molecule has 0 saturated heterocycles. The number of unbranched alkanes of at least 4 members (excludes halogenated alkanes) is 9. The molecule has 2 atom stereocenters. The van der Waals surface area contributed by atoms with Crippen molar-refractivity contribution < 1.29 is 28.3 Å². The van der Waals surface area contributed by atoms with Crippen molar-refractivity contribution in [1.82, 2.24) is 20.3 Å². The van der Waals surface area contributed by atoms with Crippen LogP contribution in [0.4, 0.5) is 0 Å². The molecule has 1 heterocycles. The van der Waals surface area contributed by atoms with Gasteiger partial charge in [-0.3, -0.25) is 9.25 Å². The first-order chi connectivity index (χ1) is 21.9. The number of hydrogen-bond acceptors (Lipinski definition) is 8. The molecule has 250 valence electrons. The van der Waals surface area contributed by atoms with Gasteiger partial charge in [0, 0.05) is 13.1 Å². The molecule has 10 nitrogen and oxygen atoms in total. The van der Waals surface area contributed by atoms with Crippen LogP contribution in [0.3, 0.4) is 0 Å². The Hall–Kier alpha value is -2.62. The third kappa shape index (κ3) is 15.0. The summed E-state index contributed by atoms with van der Waals surface area (Å²) in [6.07, 6.45) is 13.2. The number of rotatable bonds is 25. The Bertz CT molecular complexity index is 1300. The van der Waals surface area contributed by atoms with Gasteiger partial charge in [-0.2, -0.15) is 0 Å². The topological polar surface area (TPSA) is 125 Å². The van der Waals surface area contributed by atoms with E-state index in [2.05, 4.69) is 52.9 Å². The fraction of sp³-hybridized carbons (Fsp3) is 0.618. The van der Waals surface area contributed by atoms with E-state index in [0.29, 0.717) is 25.2 Å². The van der Waals surface area contributed by atoms with E-state index < -0.39 is 25.8 Å². The summed E-state index contributed by atoms with van der Waals surface area (Å²) >= 11 is 0. The van der Waals surface area contributed by atoms with Crippen LogP contribution in [-0.2, 0) is 43.1 Å². The minimum absolute atomic E-state index is 0.0276. The number of ether oxygens (including phenoxy) is 2. The van der Waals surface area contributed by atoms with Crippen molar-refractivity contribution >= 4 is 24.3 Å². The first-order valence-corrected chi connectivity index (χ1v) is 18.5. The largest absolute Gasteiger partial charge is 0.464 e. The highest BCUT2D eigenvalue weighted by Gasteiger charge is 2.32. The van der Waals surface area contributed by atoms with Gasteiger partial charge in [0.2, 0.25) is 0 Å². The zero-order valence-corrected chi connectivity index (χ0v) is 28.1. The fourth-order valence-electron chi connectivity index (χ4n) is 5.14. The van der Waals surface area contributed by atoms with Crippen molar-refractivity contribution in [3.8, 4) is 0 Å². The summed E-state index contributed by atoms with van der Waals surface area (Å²) in [5.41, 5.74) is 1.71. The van der Waals surface area contributed by atoms with Crippen LogP contribution in [0.5, 0.6) is 0 Å². The first kappa shape index (κ1) is 36.8. The summed E-state index contributed by atoms with van der Waals surface area (Å²) in [5.74, 6) is -0.704. The van der Waals surface area contributed by atoms with Gasteiger partial charge < -0.3 is 24.2 Å². The normalized spacial score (nSPS) is 13.6. The van der Waals surface area contributed by atoms with Gasteiger partial charge in [0.25, 0.3) is 0 Å². The number of aromatic nitrogens is 3. The smallest absolute Gasteiger partial charge is 0.335 e. The summed E-state index contributed by atoms with van der Waals surface area (Å²) in [7, 11) is -4.11. The number of hydrogen-bond donors (Lipinski definition) is 2. The minimum Gasteiger partial charge on any atom is -0.464 e. The number of benzene rings is 2. The van der Waals surface area contributed by atoms with Crippen LogP contribution >= 0.6 is 7.60 Å². The third-order valence-electron chi connectivity index (χ3n) is 7.64. The summed E-state index contributed by atoms with van der Waals surface area (Å²) in [6, 6.07) is 14.5. The number of aryl methyl sites for hydroxylation is 1. The number of esters is 1. The maximum atomic E-state index is 12.8. The molecule has 1 unspecified atom stereocenters. The van der Waals surface area contributed by atoms with E-state index in [4.69, 9.17) is 14.0 Å². The Morgan fingerprint density at radius 2 is 1.67 bits per heavy atom. The van der Waals surface area contributed by atoms with Gasteiger partial charge in [-0.1, -0.05) is 106 Å². The van der Waals surface area contributed by atoms with Crippen LogP contribution in [0.15, 0.2) is 48.7 Å². The van der Waals surface area contributed by atoms with Crippen molar-refractivity contribution in [2.75, 3.05) is 25.9 Å². The molecule has 0 fully saturated rings. The number of carbonyl (C=O) groups is 1. The molecule has 0 saturated carbocycles. The molecule has 3 aromatic rings. The lowest BCUT2D eigenvalue weighted by Gasteiger charge is -2.19.